The Morgan fingerprint density at radius 3 is 2.31 bits per heavy atom. The molecule has 3 heterocycles. The van der Waals surface area contributed by atoms with Gasteiger partial charge in [-0.3, -0.25) is 9.69 Å². The van der Waals surface area contributed by atoms with E-state index in [-0.39, 0.29) is 24.1 Å². The van der Waals surface area contributed by atoms with E-state index in [1.165, 1.54) is 25.5 Å². The third-order valence-corrected chi connectivity index (χ3v) is 7.32. The van der Waals surface area contributed by atoms with Crippen LogP contribution in [0.15, 0.2) is 24.3 Å². The van der Waals surface area contributed by atoms with E-state index in [1.54, 1.807) is 23.1 Å². The molecular formula is C25H30ClF4N3O3. The Balaban J connectivity index is 1.54. The lowest BCUT2D eigenvalue weighted by molar-refractivity contribution is -0.144. The van der Waals surface area contributed by atoms with Gasteiger partial charge in [0.25, 0.3) is 5.91 Å². The average molecular weight is 532 g/mol. The highest BCUT2D eigenvalue weighted by atomic mass is 35.5. The van der Waals surface area contributed by atoms with Gasteiger partial charge in [-0.05, 0) is 58.0 Å². The number of ether oxygens (including phenoxy) is 2. The summed E-state index contributed by atoms with van der Waals surface area (Å²) in [6.07, 6.45) is -3.61. The molecule has 4 rings (SSSR count). The van der Waals surface area contributed by atoms with Crippen molar-refractivity contribution in [2.24, 2.45) is 0 Å². The number of carbonyl (C=O) groups excluding carboxylic acids is 1. The highest BCUT2D eigenvalue weighted by Gasteiger charge is 2.49. The number of methoxy groups -OCH3 is 1. The van der Waals surface area contributed by atoms with Gasteiger partial charge in [0.2, 0.25) is 0 Å². The Labute approximate surface area is 212 Å². The van der Waals surface area contributed by atoms with Gasteiger partial charge in [-0.25, -0.2) is 4.39 Å². The summed E-state index contributed by atoms with van der Waals surface area (Å²) in [6.45, 7) is 3.98. The number of piperidine rings is 1. The van der Waals surface area contributed by atoms with Crippen LogP contribution in [-0.2, 0) is 18.3 Å². The zero-order valence-electron chi connectivity index (χ0n) is 20.7. The number of hydrogen-bond donors (Lipinski definition) is 0. The van der Waals surface area contributed by atoms with Crippen molar-refractivity contribution >= 4 is 17.5 Å². The van der Waals surface area contributed by atoms with Gasteiger partial charge in [0.15, 0.2) is 11.5 Å². The van der Waals surface area contributed by atoms with Crippen LogP contribution in [0.25, 0.3) is 0 Å². The number of alkyl halides is 4. The van der Waals surface area contributed by atoms with Crippen molar-refractivity contribution in [1.29, 1.82) is 0 Å². The Morgan fingerprint density at radius 1 is 1.06 bits per heavy atom. The maximum Gasteiger partial charge on any atom is 0.431 e. The molecule has 1 spiro atoms. The van der Waals surface area contributed by atoms with E-state index in [9.17, 15) is 22.4 Å². The summed E-state index contributed by atoms with van der Waals surface area (Å²) < 4.78 is 66.8. The number of fused-ring (bicyclic) bond motifs is 2. The van der Waals surface area contributed by atoms with Gasteiger partial charge in [-0.1, -0.05) is 11.6 Å². The molecule has 0 unspecified atom stereocenters. The second-order valence-corrected chi connectivity index (χ2v) is 10.4. The van der Waals surface area contributed by atoms with Crippen molar-refractivity contribution < 1.29 is 31.8 Å². The number of hydrogen-bond acceptors (Lipinski definition) is 4. The molecule has 0 N–H and O–H groups in total. The minimum Gasteiger partial charge on any atom is -0.493 e. The first-order valence-corrected chi connectivity index (χ1v) is 12.1. The molecule has 6 nitrogen and oxygen atoms in total. The summed E-state index contributed by atoms with van der Waals surface area (Å²) in [4.78, 5) is 17.0. The highest BCUT2D eigenvalue weighted by molar-refractivity contribution is 6.31. The highest BCUT2D eigenvalue weighted by Crippen LogP contribution is 2.47. The average Bonchev–Trinajstić information content (AvgIpc) is 3.17. The number of amides is 1. The normalized spacial score (nSPS) is 18.3. The SMILES string of the molecule is COc1cc(C(=O)N2CCC3(CC2)c2c(Cl)cc(C(F)(F)F)n2CCN3C)ccc1OCC(C)(C)F. The smallest absolute Gasteiger partial charge is 0.431 e. The molecule has 0 atom stereocenters. The fourth-order valence-corrected chi connectivity index (χ4v) is 5.53. The molecule has 1 fully saturated rings. The van der Waals surface area contributed by atoms with Crippen LogP contribution in [0.4, 0.5) is 17.6 Å². The molecule has 36 heavy (non-hydrogen) atoms. The van der Waals surface area contributed by atoms with Gasteiger partial charge in [0.05, 0.1) is 23.4 Å². The molecule has 1 saturated heterocycles. The topological polar surface area (TPSA) is 46.9 Å². The second-order valence-electron chi connectivity index (χ2n) is 9.99. The number of carbonyl (C=O) groups is 1. The molecule has 1 aromatic carbocycles. The number of aromatic nitrogens is 1. The fourth-order valence-electron chi connectivity index (χ4n) is 5.15. The maximum atomic E-state index is 13.8. The Morgan fingerprint density at radius 2 is 1.72 bits per heavy atom. The predicted molar refractivity (Wildman–Crippen MR) is 128 cm³/mol. The zero-order valence-corrected chi connectivity index (χ0v) is 21.5. The van der Waals surface area contributed by atoms with E-state index in [0.29, 0.717) is 55.2 Å². The van der Waals surface area contributed by atoms with Crippen LogP contribution in [-0.4, -0.2) is 66.3 Å². The molecule has 0 saturated carbocycles. The van der Waals surface area contributed by atoms with Gasteiger partial charge < -0.3 is 18.9 Å². The second kappa shape index (κ2) is 9.45. The van der Waals surface area contributed by atoms with Crippen molar-refractivity contribution in [2.45, 2.75) is 50.6 Å². The zero-order chi connectivity index (χ0) is 26.5. The lowest BCUT2D eigenvalue weighted by Crippen LogP contribution is -2.57. The van der Waals surface area contributed by atoms with E-state index in [4.69, 9.17) is 21.1 Å². The van der Waals surface area contributed by atoms with Crippen molar-refractivity contribution in [3.63, 3.8) is 0 Å². The molecule has 0 radical (unpaired) electrons. The van der Waals surface area contributed by atoms with Crippen molar-refractivity contribution in [3.8, 4) is 11.5 Å². The number of likely N-dealkylation sites (tertiary alicyclic amines) is 1. The third-order valence-electron chi connectivity index (χ3n) is 7.03. The Kier molecular flexibility index (Phi) is 6.98. The molecule has 198 valence electrons. The van der Waals surface area contributed by atoms with Gasteiger partial charge in [-0.2, -0.15) is 13.2 Å². The van der Waals surface area contributed by atoms with Gasteiger partial charge in [0, 0.05) is 31.7 Å². The number of nitrogens with zero attached hydrogens (tertiary/aromatic N) is 3. The monoisotopic (exact) mass is 531 g/mol. The largest absolute Gasteiger partial charge is 0.493 e. The molecule has 11 heteroatoms. The summed E-state index contributed by atoms with van der Waals surface area (Å²) in [5.41, 5.74) is -2.11. The van der Waals surface area contributed by atoms with E-state index in [0.717, 1.165) is 6.07 Å². The minimum absolute atomic E-state index is 0.102. The molecule has 1 aromatic heterocycles. The van der Waals surface area contributed by atoms with Crippen LogP contribution in [0.1, 0.15) is 48.4 Å². The third kappa shape index (κ3) is 4.89. The lowest BCUT2D eigenvalue weighted by atomic mass is 9.81. The van der Waals surface area contributed by atoms with Crippen molar-refractivity contribution in [3.05, 3.63) is 46.2 Å². The summed E-state index contributed by atoms with van der Waals surface area (Å²) in [5, 5.41) is 0.102. The quantitative estimate of drug-likeness (QED) is 0.487. The van der Waals surface area contributed by atoms with Gasteiger partial charge in [0.1, 0.15) is 18.0 Å². The Bertz CT molecular complexity index is 1130. The van der Waals surface area contributed by atoms with Crippen LogP contribution in [0.3, 0.4) is 0 Å². The molecule has 2 aliphatic heterocycles. The lowest BCUT2D eigenvalue weighted by Gasteiger charge is -2.50. The summed E-state index contributed by atoms with van der Waals surface area (Å²) in [5.74, 6) is 0.420. The fraction of sp³-hybridized carbons (Fsp3) is 0.560. The van der Waals surface area contributed by atoms with Crippen LogP contribution < -0.4 is 9.47 Å². The van der Waals surface area contributed by atoms with Crippen LogP contribution in [0, 0.1) is 0 Å². The summed E-state index contributed by atoms with van der Waals surface area (Å²) >= 11 is 6.38. The van der Waals surface area contributed by atoms with Crippen molar-refractivity contribution in [1.82, 2.24) is 14.4 Å². The van der Waals surface area contributed by atoms with Gasteiger partial charge in [-0.15, -0.1) is 0 Å². The van der Waals surface area contributed by atoms with Crippen LogP contribution in [0.2, 0.25) is 5.02 Å². The number of rotatable bonds is 5. The van der Waals surface area contributed by atoms with E-state index in [2.05, 4.69) is 4.90 Å². The molecule has 2 aliphatic rings. The van der Waals surface area contributed by atoms with E-state index >= 15 is 0 Å². The van der Waals surface area contributed by atoms with Crippen LogP contribution >= 0.6 is 11.6 Å². The number of likely N-dealkylation sites (N-methyl/N-ethyl adjacent to an activating group) is 1. The van der Waals surface area contributed by atoms with Gasteiger partial charge >= 0.3 is 6.18 Å². The number of halogens is 5. The number of benzene rings is 1. The summed E-state index contributed by atoms with van der Waals surface area (Å²) in [7, 11) is 3.33. The Hall–Kier alpha value is -2.46. The predicted octanol–water partition coefficient (Wildman–Crippen LogP) is 5.37. The van der Waals surface area contributed by atoms with E-state index < -0.39 is 23.1 Å². The van der Waals surface area contributed by atoms with Crippen LogP contribution in [0.5, 0.6) is 11.5 Å². The molecule has 1 amide bonds. The molecular weight excluding hydrogens is 502 g/mol. The van der Waals surface area contributed by atoms with E-state index in [1.807, 2.05) is 7.05 Å². The standard InChI is InChI=1S/C25H30ClF4N3O3/c1-23(2,27)15-36-18-6-5-16(13-19(18)35-4)22(34)32-9-7-24(8-10-32)21-17(26)14-20(25(28,29)30)33(21)12-11-31(24)3/h5-6,13-14H,7-12,15H2,1-4H3. The molecule has 0 aliphatic carbocycles. The van der Waals surface area contributed by atoms with Crippen molar-refractivity contribution in [2.75, 3.05) is 40.4 Å². The molecule has 2 aromatic rings. The first-order chi connectivity index (χ1) is 16.8. The maximum absolute atomic E-state index is 13.8. The molecule has 0 bridgehead atoms. The first-order valence-electron chi connectivity index (χ1n) is 11.7. The minimum atomic E-state index is -4.50. The summed E-state index contributed by atoms with van der Waals surface area (Å²) in [6, 6.07) is 5.73. The first kappa shape index (κ1) is 26.6.